The van der Waals surface area contributed by atoms with Crippen LogP contribution >= 0.6 is 0 Å². The number of hydrogen-bond donors (Lipinski definition) is 5. The highest BCUT2D eigenvalue weighted by Gasteiger charge is 2.19. The van der Waals surface area contributed by atoms with Gasteiger partial charge in [0.2, 0.25) is 5.91 Å². The second-order valence-corrected chi connectivity index (χ2v) is 6.93. The van der Waals surface area contributed by atoms with Gasteiger partial charge < -0.3 is 21.3 Å². The molecule has 2 rings (SSSR count). The molecule has 9 nitrogen and oxygen atoms in total. The summed E-state index contributed by atoms with van der Waals surface area (Å²) in [6, 6.07) is 12.7. The Balaban J connectivity index is 1.98. The van der Waals surface area contributed by atoms with Gasteiger partial charge >= 0.3 is 0 Å². The van der Waals surface area contributed by atoms with E-state index in [9.17, 15) is 14.4 Å². The van der Waals surface area contributed by atoms with Crippen LogP contribution in [0.5, 0.6) is 0 Å². The van der Waals surface area contributed by atoms with Crippen molar-refractivity contribution in [2.75, 3.05) is 32.5 Å². The third kappa shape index (κ3) is 7.56. The van der Waals surface area contributed by atoms with E-state index in [0.29, 0.717) is 23.4 Å². The van der Waals surface area contributed by atoms with Crippen molar-refractivity contribution in [1.29, 1.82) is 0 Å². The average molecular weight is 423 g/mol. The zero-order chi connectivity index (χ0) is 22.8. The van der Waals surface area contributed by atoms with E-state index in [-0.39, 0.29) is 12.5 Å². The molecule has 0 saturated carbocycles. The molecule has 162 valence electrons. The van der Waals surface area contributed by atoms with E-state index in [1.165, 1.54) is 5.48 Å². The Morgan fingerprint density at radius 1 is 1.00 bits per heavy atom. The van der Waals surface area contributed by atoms with E-state index in [1.54, 1.807) is 53.4 Å². The quantitative estimate of drug-likeness (QED) is 0.244. The van der Waals surface area contributed by atoms with Crippen molar-refractivity contribution in [1.82, 2.24) is 15.7 Å². The molecule has 0 spiro atoms. The van der Waals surface area contributed by atoms with Crippen LogP contribution in [0.4, 0.5) is 5.69 Å². The van der Waals surface area contributed by atoms with Gasteiger partial charge in [-0.05, 0) is 62.6 Å². The summed E-state index contributed by atoms with van der Waals surface area (Å²) in [5, 5.41) is 13.9. The number of amides is 3. The molecule has 0 aliphatic rings. The molecule has 0 saturated heterocycles. The fraction of sp³-hybridized carbons (Fsp3) is 0.227. The van der Waals surface area contributed by atoms with E-state index in [1.807, 2.05) is 14.1 Å². The monoisotopic (exact) mass is 423 g/mol. The minimum absolute atomic E-state index is 0.0947. The van der Waals surface area contributed by atoms with Crippen LogP contribution < -0.4 is 21.8 Å². The molecule has 2 aromatic rings. The number of benzene rings is 2. The van der Waals surface area contributed by atoms with Gasteiger partial charge in [-0.3, -0.25) is 19.6 Å². The molecule has 3 amide bonds. The van der Waals surface area contributed by atoms with Gasteiger partial charge in [-0.25, -0.2) is 5.48 Å². The lowest BCUT2D eigenvalue weighted by Crippen LogP contribution is -2.50. The summed E-state index contributed by atoms with van der Waals surface area (Å²) in [5.74, 6) is 4.64. The van der Waals surface area contributed by atoms with Crippen molar-refractivity contribution in [2.24, 2.45) is 5.73 Å². The molecule has 0 aliphatic heterocycles. The molecule has 0 heterocycles. The SMILES string of the molecule is CN(C)CC(=O)Nc1ccc(C#Cc2ccc(C(=O)N[C@@H](CN)C(=O)NO)cc2)cc1. The second kappa shape index (κ2) is 11.5. The molecule has 31 heavy (non-hydrogen) atoms. The third-order valence-electron chi connectivity index (χ3n) is 4.09. The number of nitrogens with zero attached hydrogens (tertiary/aromatic N) is 1. The van der Waals surface area contributed by atoms with Crippen LogP contribution in [0.15, 0.2) is 48.5 Å². The Kier molecular flexibility index (Phi) is 8.72. The first-order valence-corrected chi connectivity index (χ1v) is 9.44. The molecule has 0 aliphatic carbocycles. The highest BCUT2D eigenvalue weighted by molar-refractivity contribution is 5.97. The molecule has 6 N–H and O–H groups in total. The second-order valence-electron chi connectivity index (χ2n) is 6.93. The maximum Gasteiger partial charge on any atom is 0.267 e. The van der Waals surface area contributed by atoms with Gasteiger partial charge in [0.05, 0.1) is 6.54 Å². The van der Waals surface area contributed by atoms with E-state index >= 15 is 0 Å². The zero-order valence-electron chi connectivity index (χ0n) is 17.3. The first-order chi connectivity index (χ1) is 14.8. The zero-order valence-corrected chi connectivity index (χ0v) is 17.3. The predicted molar refractivity (Wildman–Crippen MR) is 116 cm³/mol. The van der Waals surface area contributed by atoms with Crippen molar-refractivity contribution in [3.63, 3.8) is 0 Å². The molecule has 9 heteroatoms. The lowest BCUT2D eigenvalue weighted by atomic mass is 10.1. The van der Waals surface area contributed by atoms with Gasteiger partial charge in [-0.15, -0.1) is 0 Å². The number of hydrogen-bond acceptors (Lipinski definition) is 6. The van der Waals surface area contributed by atoms with Crippen molar-refractivity contribution in [3.8, 4) is 11.8 Å². The van der Waals surface area contributed by atoms with Gasteiger partial charge in [-0.1, -0.05) is 11.8 Å². The molecule has 0 radical (unpaired) electrons. The Morgan fingerprint density at radius 2 is 1.55 bits per heavy atom. The third-order valence-corrected chi connectivity index (χ3v) is 4.09. The summed E-state index contributed by atoms with van der Waals surface area (Å²) in [6.07, 6.45) is 0. The van der Waals surface area contributed by atoms with E-state index in [4.69, 9.17) is 10.9 Å². The Hall–Kier alpha value is -3.71. The van der Waals surface area contributed by atoms with Crippen molar-refractivity contribution in [2.45, 2.75) is 6.04 Å². The summed E-state index contributed by atoms with van der Waals surface area (Å²) >= 11 is 0. The highest BCUT2D eigenvalue weighted by atomic mass is 16.5. The maximum atomic E-state index is 12.2. The van der Waals surface area contributed by atoms with Crippen molar-refractivity contribution in [3.05, 3.63) is 65.2 Å². The number of carbonyl (C=O) groups is 3. The van der Waals surface area contributed by atoms with Crippen LogP contribution in [0.2, 0.25) is 0 Å². The fourth-order valence-corrected chi connectivity index (χ4v) is 2.52. The highest BCUT2D eigenvalue weighted by Crippen LogP contribution is 2.09. The molecule has 2 aromatic carbocycles. The van der Waals surface area contributed by atoms with Gasteiger partial charge in [0, 0.05) is 28.9 Å². The smallest absolute Gasteiger partial charge is 0.267 e. The molecule has 0 fully saturated rings. The summed E-state index contributed by atoms with van der Waals surface area (Å²) < 4.78 is 0. The minimum atomic E-state index is -1.03. The number of likely N-dealkylation sites (N-methyl/N-ethyl adjacent to an activating group) is 1. The standard InChI is InChI=1S/C22H25N5O4/c1-27(2)14-20(28)24-18-11-7-16(8-12-18)4-3-15-5-9-17(10-6-15)21(29)25-19(13-23)22(30)26-31/h5-12,19,31H,13-14,23H2,1-2H3,(H,24,28)(H,25,29)(H,26,30)/t19-/m0/s1. The number of anilines is 1. The van der Waals surface area contributed by atoms with Gasteiger partial charge in [-0.2, -0.15) is 0 Å². The van der Waals surface area contributed by atoms with Gasteiger partial charge in [0.1, 0.15) is 6.04 Å². The predicted octanol–water partition coefficient (Wildman–Crippen LogP) is 0.149. The lowest BCUT2D eigenvalue weighted by Gasteiger charge is -2.14. The molecule has 0 aromatic heterocycles. The van der Waals surface area contributed by atoms with Crippen LogP contribution in [0, 0.1) is 11.8 Å². The van der Waals surface area contributed by atoms with E-state index in [2.05, 4.69) is 22.5 Å². The Labute approximate surface area is 180 Å². The summed E-state index contributed by atoms with van der Waals surface area (Å²) in [6.45, 7) is 0.150. The molecular formula is C22H25N5O4. The maximum absolute atomic E-state index is 12.2. The van der Waals surface area contributed by atoms with Gasteiger partial charge in [0.15, 0.2) is 0 Å². The van der Waals surface area contributed by atoms with Crippen LogP contribution in [-0.4, -0.2) is 61.1 Å². The topological polar surface area (TPSA) is 137 Å². The van der Waals surface area contributed by atoms with Crippen molar-refractivity contribution >= 4 is 23.4 Å². The van der Waals surface area contributed by atoms with Crippen LogP contribution in [0.1, 0.15) is 21.5 Å². The Morgan fingerprint density at radius 3 is 2.03 bits per heavy atom. The van der Waals surface area contributed by atoms with Crippen molar-refractivity contribution < 1.29 is 19.6 Å². The van der Waals surface area contributed by atoms with Crippen LogP contribution in [0.3, 0.4) is 0 Å². The average Bonchev–Trinajstić information content (AvgIpc) is 2.76. The number of nitrogens with one attached hydrogen (secondary N) is 3. The minimum Gasteiger partial charge on any atom is -0.339 e. The summed E-state index contributed by atoms with van der Waals surface area (Å²) in [7, 11) is 3.65. The Bertz CT molecular complexity index is 976. The van der Waals surface area contributed by atoms with E-state index < -0.39 is 17.9 Å². The largest absolute Gasteiger partial charge is 0.339 e. The normalized spacial score (nSPS) is 11.1. The molecular weight excluding hydrogens is 398 g/mol. The van der Waals surface area contributed by atoms with Crippen LogP contribution in [0.25, 0.3) is 0 Å². The number of hydroxylamine groups is 1. The summed E-state index contributed by atoms with van der Waals surface area (Å²) in [4.78, 5) is 37.2. The fourth-order valence-electron chi connectivity index (χ4n) is 2.52. The van der Waals surface area contributed by atoms with Crippen LogP contribution in [-0.2, 0) is 9.59 Å². The molecule has 0 unspecified atom stereocenters. The van der Waals surface area contributed by atoms with Gasteiger partial charge in [0.25, 0.3) is 11.8 Å². The first kappa shape index (κ1) is 23.6. The molecule has 0 bridgehead atoms. The lowest BCUT2D eigenvalue weighted by molar-refractivity contribution is -0.130. The number of nitrogens with two attached hydrogens (primary N) is 1. The number of rotatable bonds is 7. The molecule has 1 atom stereocenters. The van der Waals surface area contributed by atoms with E-state index in [0.717, 1.165) is 5.56 Å². The first-order valence-electron chi connectivity index (χ1n) is 9.44. The number of carbonyl (C=O) groups excluding carboxylic acids is 3. The summed E-state index contributed by atoms with van der Waals surface area (Å²) in [5.41, 5.74) is 9.37.